The fraction of sp³-hybridized carbons (Fsp3) is 0.562. The van der Waals surface area contributed by atoms with Gasteiger partial charge in [0, 0.05) is 22.8 Å². The van der Waals surface area contributed by atoms with E-state index < -0.39 is 0 Å². The molecule has 2 aromatic rings. The van der Waals surface area contributed by atoms with Crippen molar-refractivity contribution in [1.29, 1.82) is 0 Å². The molecule has 0 aliphatic heterocycles. The van der Waals surface area contributed by atoms with Crippen molar-refractivity contribution in [2.75, 3.05) is 11.9 Å². The zero-order chi connectivity index (χ0) is 13.7. The van der Waals surface area contributed by atoms with Gasteiger partial charge in [-0.1, -0.05) is 40.0 Å². The Balaban J connectivity index is 1.96. The van der Waals surface area contributed by atoms with Crippen LogP contribution >= 0.6 is 11.3 Å². The molecule has 0 unspecified atom stereocenters. The molecule has 2 rings (SSSR count). The van der Waals surface area contributed by atoms with E-state index in [4.69, 9.17) is 0 Å². The summed E-state index contributed by atoms with van der Waals surface area (Å²) in [7, 11) is 0. The minimum Gasteiger partial charge on any atom is -0.369 e. The minimum atomic E-state index is 0.328. The largest absolute Gasteiger partial charge is 0.369 e. The standard InChI is InChI=1S/C16H24N2S/c1-4-5-6-9-16(2,3)12-18-15-13-8-11-19-14(13)7-10-17-15/h7-8,10-11H,4-6,9,12H2,1-3H3,(H,17,18). The topological polar surface area (TPSA) is 24.9 Å². The van der Waals surface area contributed by atoms with Gasteiger partial charge >= 0.3 is 0 Å². The summed E-state index contributed by atoms with van der Waals surface area (Å²) in [6.07, 6.45) is 7.11. The molecule has 2 heterocycles. The predicted octanol–water partition coefficient (Wildman–Crippen LogP) is 5.31. The Labute approximate surface area is 120 Å². The van der Waals surface area contributed by atoms with Crippen LogP contribution in [0.25, 0.3) is 10.1 Å². The molecule has 1 N–H and O–H groups in total. The second-order valence-electron chi connectivity index (χ2n) is 5.97. The lowest BCUT2D eigenvalue weighted by Crippen LogP contribution is -2.23. The molecule has 0 spiro atoms. The highest BCUT2D eigenvalue weighted by Crippen LogP contribution is 2.28. The van der Waals surface area contributed by atoms with Crippen molar-refractivity contribution in [3.63, 3.8) is 0 Å². The van der Waals surface area contributed by atoms with Crippen LogP contribution in [0.5, 0.6) is 0 Å². The third-order valence-corrected chi connectivity index (χ3v) is 4.45. The molecule has 0 aliphatic rings. The first kappa shape index (κ1) is 14.3. The molecule has 0 saturated heterocycles. The van der Waals surface area contributed by atoms with Crippen LogP contribution in [0.4, 0.5) is 5.82 Å². The SMILES string of the molecule is CCCCCC(C)(C)CNc1nccc2sccc12. The van der Waals surface area contributed by atoms with Gasteiger partial charge in [-0.2, -0.15) is 0 Å². The normalized spacial score (nSPS) is 11.9. The van der Waals surface area contributed by atoms with Gasteiger partial charge in [-0.25, -0.2) is 4.98 Å². The summed E-state index contributed by atoms with van der Waals surface area (Å²) in [5.41, 5.74) is 0.328. The van der Waals surface area contributed by atoms with Gasteiger partial charge in [-0.3, -0.25) is 0 Å². The molecule has 2 nitrogen and oxygen atoms in total. The highest BCUT2D eigenvalue weighted by atomic mass is 32.1. The predicted molar refractivity (Wildman–Crippen MR) is 86.0 cm³/mol. The van der Waals surface area contributed by atoms with E-state index in [9.17, 15) is 0 Å². The van der Waals surface area contributed by atoms with E-state index in [0.717, 1.165) is 12.4 Å². The molecule has 19 heavy (non-hydrogen) atoms. The molecule has 0 radical (unpaired) electrons. The molecule has 0 aliphatic carbocycles. The second-order valence-corrected chi connectivity index (χ2v) is 6.91. The first-order valence-electron chi connectivity index (χ1n) is 7.18. The third-order valence-electron chi connectivity index (χ3n) is 3.57. The summed E-state index contributed by atoms with van der Waals surface area (Å²) >= 11 is 1.77. The van der Waals surface area contributed by atoms with Crippen molar-refractivity contribution in [3.8, 4) is 0 Å². The van der Waals surface area contributed by atoms with E-state index in [-0.39, 0.29) is 0 Å². The summed E-state index contributed by atoms with van der Waals surface area (Å²) in [5.74, 6) is 1.03. The number of anilines is 1. The lowest BCUT2D eigenvalue weighted by molar-refractivity contribution is 0.342. The number of nitrogens with zero attached hydrogens (tertiary/aromatic N) is 1. The average Bonchev–Trinajstić information content (AvgIpc) is 2.85. The molecule has 0 amide bonds. The molecular weight excluding hydrogens is 252 g/mol. The summed E-state index contributed by atoms with van der Waals surface area (Å²) in [6, 6.07) is 4.23. The van der Waals surface area contributed by atoms with Crippen LogP contribution < -0.4 is 5.32 Å². The first-order chi connectivity index (χ1) is 9.12. The number of hydrogen-bond acceptors (Lipinski definition) is 3. The maximum absolute atomic E-state index is 4.47. The lowest BCUT2D eigenvalue weighted by Gasteiger charge is -2.25. The smallest absolute Gasteiger partial charge is 0.134 e. The quantitative estimate of drug-likeness (QED) is 0.693. The maximum atomic E-state index is 4.47. The summed E-state index contributed by atoms with van der Waals surface area (Å²) in [5, 5.41) is 6.91. The number of pyridine rings is 1. The molecule has 0 bridgehead atoms. The van der Waals surface area contributed by atoms with Gasteiger partial charge in [0.15, 0.2) is 0 Å². The van der Waals surface area contributed by atoms with E-state index >= 15 is 0 Å². The van der Waals surface area contributed by atoms with Gasteiger partial charge in [-0.05, 0) is 29.3 Å². The molecule has 104 valence electrons. The zero-order valence-corrected chi connectivity index (χ0v) is 13.0. The van der Waals surface area contributed by atoms with Crippen LogP contribution in [-0.2, 0) is 0 Å². The monoisotopic (exact) mass is 276 g/mol. The van der Waals surface area contributed by atoms with Crippen LogP contribution in [0.2, 0.25) is 0 Å². The number of unbranched alkanes of at least 4 members (excludes halogenated alkanes) is 2. The Kier molecular flexibility index (Phi) is 4.81. The zero-order valence-electron chi connectivity index (χ0n) is 12.2. The van der Waals surface area contributed by atoms with Crippen molar-refractivity contribution in [3.05, 3.63) is 23.7 Å². The van der Waals surface area contributed by atoms with Gasteiger partial charge in [0.05, 0.1) is 0 Å². The summed E-state index contributed by atoms with van der Waals surface area (Å²) in [6.45, 7) is 7.91. The van der Waals surface area contributed by atoms with Gasteiger partial charge in [0.25, 0.3) is 0 Å². The van der Waals surface area contributed by atoms with Crippen LogP contribution in [0.15, 0.2) is 23.7 Å². The van der Waals surface area contributed by atoms with E-state index in [1.807, 2.05) is 6.20 Å². The number of hydrogen-bond donors (Lipinski definition) is 1. The molecular formula is C16H24N2S. The van der Waals surface area contributed by atoms with Crippen molar-refractivity contribution in [1.82, 2.24) is 4.98 Å². The molecule has 3 heteroatoms. The van der Waals surface area contributed by atoms with Crippen LogP contribution in [0.1, 0.15) is 46.5 Å². The Bertz CT molecular complexity index is 516. The van der Waals surface area contributed by atoms with E-state index in [1.165, 1.54) is 35.8 Å². The van der Waals surface area contributed by atoms with Crippen molar-refractivity contribution >= 4 is 27.2 Å². The van der Waals surface area contributed by atoms with Gasteiger partial charge in [-0.15, -0.1) is 11.3 Å². The molecule has 2 aromatic heterocycles. The van der Waals surface area contributed by atoms with Crippen molar-refractivity contribution < 1.29 is 0 Å². The van der Waals surface area contributed by atoms with Crippen molar-refractivity contribution in [2.24, 2.45) is 5.41 Å². The van der Waals surface area contributed by atoms with E-state index in [2.05, 4.69) is 48.6 Å². The molecule has 0 aromatic carbocycles. The van der Waals surface area contributed by atoms with E-state index in [1.54, 1.807) is 11.3 Å². The highest BCUT2D eigenvalue weighted by Gasteiger charge is 2.17. The fourth-order valence-corrected chi connectivity index (χ4v) is 3.08. The highest BCUT2D eigenvalue weighted by molar-refractivity contribution is 7.17. The van der Waals surface area contributed by atoms with E-state index in [0.29, 0.717) is 5.41 Å². The molecule has 0 atom stereocenters. The molecule has 0 saturated carbocycles. The van der Waals surface area contributed by atoms with Gasteiger partial charge < -0.3 is 5.32 Å². The summed E-state index contributed by atoms with van der Waals surface area (Å²) in [4.78, 5) is 4.47. The third kappa shape index (κ3) is 3.93. The van der Waals surface area contributed by atoms with Crippen molar-refractivity contribution in [2.45, 2.75) is 46.5 Å². The Morgan fingerprint density at radius 3 is 2.89 bits per heavy atom. The first-order valence-corrected chi connectivity index (χ1v) is 8.06. The van der Waals surface area contributed by atoms with Gasteiger partial charge in [0.1, 0.15) is 5.82 Å². The number of fused-ring (bicyclic) bond motifs is 1. The second kappa shape index (κ2) is 6.38. The number of rotatable bonds is 7. The van der Waals surface area contributed by atoms with Gasteiger partial charge in [0.2, 0.25) is 0 Å². The fourth-order valence-electron chi connectivity index (χ4n) is 2.30. The number of thiophene rings is 1. The number of aromatic nitrogens is 1. The van der Waals surface area contributed by atoms with Crippen LogP contribution in [0, 0.1) is 5.41 Å². The average molecular weight is 276 g/mol. The number of nitrogens with one attached hydrogen (secondary N) is 1. The Hall–Kier alpha value is -1.09. The Morgan fingerprint density at radius 1 is 1.26 bits per heavy atom. The van der Waals surface area contributed by atoms with Crippen LogP contribution in [0.3, 0.4) is 0 Å². The lowest BCUT2D eigenvalue weighted by atomic mass is 9.87. The molecule has 0 fully saturated rings. The Morgan fingerprint density at radius 2 is 2.11 bits per heavy atom. The van der Waals surface area contributed by atoms with Crippen LogP contribution in [-0.4, -0.2) is 11.5 Å². The minimum absolute atomic E-state index is 0.328. The maximum Gasteiger partial charge on any atom is 0.134 e. The summed E-state index contributed by atoms with van der Waals surface area (Å²) < 4.78 is 1.31.